The Hall–Kier alpha value is -2.18. The number of aryl methyl sites for hydroxylation is 4. The van der Waals surface area contributed by atoms with Crippen LogP contribution in [-0.2, 0) is 47.2 Å². The molecule has 2 N–H and O–H groups in total. The topological polar surface area (TPSA) is 134 Å². The molecule has 0 aliphatic rings. The maximum absolute atomic E-state index is 10.8. The van der Waals surface area contributed by atoms with Crippen molar-refractivity contribution in [1.29, 1.82) is 0 Å². The molecule has 0 saturated carbocycles. The largest absolute Gasteiger partial charge is 0.556 e. The van der Waals surface area contributed by atoms with Gasteiger partial charge in [0.25, 0.3) is 0 Å². The number of aromatic nitrogens is 4. The number of alkyl halides is 6. The van der Waals surface area contributed by atoms with Crippen molar-refractivity contribution in [2.45, 2.75) is 38.0 Å². The Morgan fingerprint density at radius 2 is 0.938 bits per heavy atom. The molecule has 0 unspecified atom stereocenters. The molecule has 2 rings (SSSR count). The van der Waals surface area contributed by atoms with Crippen LogP contribution >= 0.6 is 0 Å². The Morgan fingerprint density at radius 3 is 1.00 bits per heavy atom. The van der Waals surface area contributed by atoms with Crippen LogP contribution in [0.25, 0.3) is 10.3 Å². The maximum Gasteiger partial charge on any atom is 0.479 e. The molecule has 0 atom stereocenters. The summed E-state index contributed by atoms with van der Waals surface area (Å²) in [5, 5.41) is 10.9. The van der Waals surface area contributed by atoms with Gasteiger partial charge in [-0.25, -0.2) is 35.1 Å². The molecule has 32 heavy (non-hydrogen) atoms. The lowest BCUT2D eigenvalue weighted by atomic mass is 10.7. The third-order valence-electron chi connectivity index (χ3n) is 2.99. The predicted octanol–water partition coefficient (Wildman–Crippen LogP) is 2.44. The third-order valence-corrected chi connectivity index (χ3v) is 4.21. The van der Waals surface area contributed by atoms with E-state index < -0.39 is 31.1 Å². The molecular weight excluding hydrogens is 494 g/mol. The summed E-state index contributed by atoms with van der Waals surface area (Å²) in [6.45, 7) is 6.36. The van der Waals surface area contributed by atoms with Gasteiger partial charge in [0.15, 0.2) is 20.0 Å². The van der Waals surface area contributed by atoms with E-state index in [2.05, 4.69) is 48.0 Å². The zero-order valence-corrected chi connectivity index (χ0v) is 19.0. The first kappa shape index (κ1) is 32.0. The quantitative estimate of drug-likeness (QED) is 0.446. The highest BCUT2D eigenvalue weighted by Crippen LogP contribution is 2.23. The normalized spacial score (nSPS) is 11.9. The maximum atomic E-state index is 10.8. The Morgan fingerprint density at radius 1 is 0.719 bits per heavy atom. The fourth-order valence-electron chi connectivity index (χ4n) is 1.38. The molecule has 0 bridgehead atoms. The predicted molar refractivity (Wildman–Crippen MR) is 101 cm³/mol. The summed E-state index contributed by atoms with van der Waals surface area (Å²) in [7, 11) is -7.14. The summed E-state index contributed by atoms with van der Waals surface area (Å²) < 4.78 is 110. The molecule has 0 aliphatic carbocycles. The van der Waals surface area contributed by atoms with Crippen LogP contribution in [0.5, 0.6) is 0 Å². The van der Waals surface area contributed by atoms with Crippen molar-refractivity contribution < 1.29 is 52.3 Å². The summed E-state index contributed by atoms with van der Waals surface area (Å²) in [6, 6.07) is 0. The number of imidazole rings is 2. The first-order valence-electron chi connectivity index (χ1n) is 8.29. The van der Waals surface area contributed by atoms with E-state index in [1.165, 1.54) is 0 Å². The van der Waals surface area contributed by atoms with Gasteiger partial charge >= 0.3 is 11.0 Å². The van der Waals surface area contributed by atoms with E-state index in [1.54, 1.807) is 0 Å². The molecule has 0 saturated heterocycles. The molecule has 10 nitrogen and oxygen atoms in total. The van der Waals surface area contributed by atoms with E-state index in [0.29, 0.717) is 0 Å². The molecule has 2 heterocycles. The minimum atomic E-state index is -5.59. The fourth-order valence-corrected chi connectivity index (χ4v) is 1.38. The highest BCUT2D eigenvalue weighted by atomic mass is 32.2. The number of sulfonamides is 2. The number of nitrogens with zero attached hydrogens (tertiary/aromatic N) is 4. The summed E-state index contributed by atoms with van der Waals surface area (Å²) >= 11 is 0. The first-order chi connectivity index (χ1) is 14.2. The second-order valence-electron chi connectivity index (χ2n) is 5.72. The minimum absolute atomic E-state index is 1.06. The molecule has 0 radical (unpaired) electrons. The van der Waals surface area contributed by atoms with Crippen LogP contribution < -0.4 is 9.13 Å². The van der Waals surface area contributed by atoms with Crippen LogP contribution in [0, 0.1) is 0 Å². The van der Waals surface area contributed by atoms with Gasteiger partial charge in [0.05, 0.1) is 27.2 Å². The van der Waals surface area contributed by atoms with Gasteiger partial charge in [-0.15, -0.1) is 0 Å². The van der Waals surface area contributed by atoms with Gasteiger partial charge in [-0.2, -0.15) is 26.3 Å². The molecule has 2 aromatic heterocycles. The molecule has 0 fully saturated rings. The highest BCUT2D eigenvalue weighted by molar-refractivity contribution is 7.94. The fraction of sp³-hybridized carbons (Fsp3) is 0.571. The molecule has 0 aliphatic heterocycles. The van der Waals surface area contributed by atoms with Gasteiger partial charge < -0.3 is 10.3 Å². The van der Waals surface area contributed by atoms with Gasteiger partial charge in [-0.05, 0) is 13.8 Å². The highest BCUT2D eigenvalue weighted by Gasteiger charge is 2.37. The lowest BCUT2D eigenvalue weighted by Crippen LogP contribution is -2.23. The van der Waals surface area contributed by atoms with Crippen LogP contribution in [0.4, 0.5) is 26.3 Å². The molecule has 0 spiro atoms. The third kappa shape index (κ3) is 14.0. The number of hydrogen-bond donors (Lipinski definition) is 0. The second-order valence-corrected chi connectivity index (χ2v) is 8.66. The lowest BCUT2D eigenvalue weighted by Gasteiger charge is -2.07. The number of rotatable bonds is 2. The summed E-state index contributed by atoms with van der Waals surface area (Å²) in [5.41, 5.74) is -10.8. The number of hydrogen-bond acceptors (Lipinski definition) is 4. The van der Waals surface area contributed by atoms with Gasteiger partial charge in [-0.1, -0.05) is 0 Å². The standard InChI is InChI=1S/2C6H11N2.2CHF3NO2S/c2*1-3-8-5-4-7(2)6-8;2*2-1(3,4)8(5,6)7/h2*4-6H,3H2,1-2H3;2*(H-,5,6,7)/q2*+1;2*-1. The Balaban J connectivity index is 0. The summed E-state index contributed by atoms with van der Waals surface area (Å²) in [4.78, 5) is 0. The summed E-state index contributed by atoms with van der Waals surface area (Å²) in [6.07, 6.45) is 12.3. The van der Waals surface area contributed by atoms with Gasteiger partial charge in [0, 0.05) is 0 Å². The van der Waals surface area contributed by atoms with E-state index in [-0.39, 0.29) is 0 Å². The number of nitrogens with one attached hydrogen (secondary N) is 2. The minimum Gasteiger partial charge on any atom is -0.556 e. The Bertz CT molecular complexity index is 931. The van der Waals surface area contributed by atoms with Crippen LogP contribution in [0.3, 0.4) is 0 Å². The van der Waals surface area contributed by atoms with Crippen LogP contribution in [0.1, 0.15) is 13.8 Å². The van der Waals surface area contributed by atoms with E-state index in [1.807, 2.05) is 35.6 Å². The summed E-state index contributed by atoms with van der Waals surface area (Å²) in [5.74, 6) is 0. The lowest BCUT2D eigenvalue weighted by molar-refractivity contribution is -0.671. The van der Waals surface area contributed by atoms with Crippen LogP contribution in [-0.4, -0.2) is 37.0 Å². The van der Waals surface area contributed by atoms with E-state index in [0.717, 1.165) is 13.1 Å². The second kappa shape index (κ2) is 12.8. The molecule has 2 aromatic rings. The van der Waals surface area contributed by atoms with Crippen molar-refractivity contribution in [3.8, 4) is 0 Å². The van der Waals surface area contributed by atoms with Crippen molar-refractivity contribution in [3.63, 3.8) is 0 Å². The zero-order valence-electron chi connectivity index (χ0n) is 17.4. The van der Waals surface area contributed by atoms with Crippen LogP contribution in [0.2, 0.25) is 0 Å². The average Bonchev–Trinajstić information content (AvgIpc) is 3.21. The molecule has 0 amide bonds. The van der Waals surface area contributed by atoms with Crippen molar-refractivity contribution in [3.05, 3.63) is 47.7 Å². The van der Waals surface area contributed by atoms with E-state index in [9.17, 15) is 43.2 Å². The van der Waals surface area contributed by atoms with Crippen molar-refractivity contribution in [2.24, 2.45) is 14.1 Å². The molecular formula is C14H24F6N6O4S2. The molecule has 18 heteroatoms. The van der Waals surface area contributed by atoms with Gasteiger partial charge in [0.2, 0.25) is 12.7 Å². The average molecular weight is 519 g/mol. The Kier molecular flexibility index (Phi) is 12.8. The van der Waals surface area contributed by atoms with Gasteiger partial charge in [-0.3, -0.25) is 0 Å². The van der Waals surface area contributed by atoms with Crippen molar-refractivity contribution in [2.75, 3.05) is 0 Å². The zero-order chi connectivity index (χ0) is 26.0. The first-order valence-corrected chi connectivity index (χ1v) is 11.3. The van der Waals surface area contributed by atoms with Crippen LogP contribution in [0.15, 0.2) is 37.4 Å². The molecule has 0 aromatic carbocycles. The smallest absolute Gasteiger partial charge is 0.479 e. The number of halogens is 6. The molecule has 188 valence electrons. The van der Waals surface area contributed by atoms with Gasteiger partial charge in [0.1, 0.15) is 24.8 Å². The van der Waals surface area contributed by atoms with Crippen molar-refractivity contribution in [1.82, 2.24) is 9.13 Å². The van der Waals surface area contributed by atoms with Crippen molar-refractivity contribution >= 4 is 20.0 Å². The van der Waals surface area contributed by atoms with E-state index in [4.69, 9.17) is 10.3 Å². The van der Waals surface area contributed by atoms with E-state index >= 15 is 0 Å². The Labute approximate surface area is 181 Å². The SMILES string of the molecule is CCn1cc[n+](C)c1.CCn1cc[n+](C)c1.[NH-]S(=O)(=O)C(F)(F)F.[NH-]S(=O)(=O)C(F)(F)F. The monoisotopic (exact) mass is 518 g/mol.